The lowest BCUT2D eigenvalue weighted by Crippen LogP contribution is -2.11. The van der Waals surface area contributed by atoms with Gasteiger partial charge >= 0.3 is 0 Å². The standard InChI is InChI=1S/C10H14BrN3O/c1-14-9(10(11)12-13-14)8(15)6-7-4-2-3-5-7/h7H,2-6H2,1H3. The van der Waals surface area contributed by atoms with Crippen molar-refractivity contribution in [2.24, 2.45) is 13.0 Å². The number of hydrogen-bond acceptors (Lipinski definition) is 3. The maximum atomic E-state index is 12.0. The SMILES string of the molecule is Cn1nnc(Br)c1C(=O)CC1CCCC1. The largest absolute Gasteiger partial charge is 0.292 e. The number of carbonyl (C=O) groups is 1. The first-order valence-electron chi connectivity index (χ1n) is 5.27. The number of Topliss-reactive ketones (excluding diaryl/α,β-unsaturated/α-hetero) is 1. The van der Waals surface area contributed by atoms with Crippen LogP contribution in [0.25, 0.3) is 0 Å². The minimum Gasteiger partial charge on any atom is -0.292 e. The highest BCUT2D eigenvalue weighted by Gasteiger charge is 2.23. The van der Waals surface area contributed by atoms with E-state index in [1.54, 1.807) is 11.7 Å². The molecule has 0 aromatic carbocycles. The summed E-state index contributed by atoms with van der Waals surface area (Å²) in [7, 11) is 1.75. The number of halogens is 1. The maximum absolute atomic E-state index is 12.0. The molecular formula is C10H14BrN3O. The molecule has 0 saturated heterocycles. The van der Waals surface area contributed by atoms with Crippen LogP contribution in [0.5, 0.6) is 0 Å². The summed E-state index contributed by atoms with van der Waals surface area (Å²) in [6, 6.07) is 0. The fraction of sp³-hybridized carbons (Fsp3) is 0.700. The van der Waals surface area contributed by atoms with E-state index in [4.69, 9.17) is 0 Å². The Labute approximate surface area is 97.2 Å². The van der Waals surface area contributed by atoms with Crippen molar-refractivity contribution in [3.63, 3.8) is 0 Å². The van der Waals surface area contributed by atoms with E-state index >= 15 is 0 Å². The molecule has 0 amide bonds. The Hall–Kier alpha value is -0.710. The molecule has 0 N–H and O–H groups in total. The zero-order valence-corrected chi connectivity index (χ0v) is 10.3. The second kappa shape index (κ2) is 4.43. The molecule has 0 spiro atoms. The third-order valence-corrected chi connectivity index (χ3v) is 3.53. The van der Waals surface area contributed by atoms with Gasteiger partial charge < -0.3 is 0 Å². The van der Waals surface area contributed by atoms with Crippen LogP contribution < -0.4 is 0 Å². The number of hydrogen-bond donors (Lipinski definition) is 0. The van der Waals surface area contributed by atoms with Crippen molar-refractivity contribution in [2.75, 3.05) is 0 Å². The first-order chi connectivity index (χ1) is 7.18. The summed E-state index contributed by atoms with van der Waals surface area (Å²) in [5.74, 6) is 0.723. The van der Waals surface area contributed by atoms with Crippen molar-refractivity contribution >= 4 is 21.7 Å². The van der Waals surface area contributed by atoms with Crippen molar-refractivity contribution in [3.05, 3.63) is 10.3 Å². The van der Waals surface area contributed by atoms with Gasteiger partial charge in [-0.15, -0.1) is 5.10 Å². The molecule has 1 fully saturated rings. The predicted molar refractivity (Wildman–Crippen MR) is 59.6 cm³/mol. The Morgan fingerprint density at radius 3 is 2.73 bits per heavy atom. The summed E-state index contributed by atoms with van der Waals surface area (Å²) >= 11 is 3.25. The van der Waals surface area contributed by atoms with E-state index in [1.807, 2.05) is 0 Å². The number of ketones is 1. The normalized spacial score (nSPS) is 17.2. The molecule has 4 nitrogen and oxygen atoms in total. The number of carbonyl (C=O) groups excluding carboxylic acids is 1. The van der Waals surface area contributed by atoms with Crippen molar-refractivity contribution in [1.29, 1.82) is 0 Å². The monoisotopic (exact) mass is 271 g/mol. The van der Waals surface area contributed by atoms with Crippen molar-refractivity contribution in [3.8, 4) is 0 Å². The zero-order valence-electron chi connectivity index (χ0n) is 8.74. The van der Waals surface area contributed by atoms with Gasteiger partial charge in [0, 0.05) is 13.5 Å². The second-order valence-electron chi connectivity index (χ2n) is 4.13. The second-order valence-corrected chi connectivity index (χ2v) is 4.88. The molecule has 1 aliphatic rings. The number of aryl methyl sites for hydroxylation is 1. The van der Waals surface area contributed by atoms with Gasteiger partial charge in [-0.3, -0.25) is 4.79 Å². The Balaban J connectivity index is 2.07. The van der Waals surface area contributed by atoms with Gasteiger partial charge in [-0.2, -0.15) is 0 Å². The van der Waals surface area contributed by atoms with E-state index in [2.05, 4.69) is 26.2 Å². The molecule has 1 heterocycles. The van der Waals surface area contributed by atoms with Gasteiger partial charge in [-0.1, -0.05) is 30.9 Å². The van der Waals surface area contributed by atoms with Gasteiger partial charge in [0.2, 0.25) is 0 Å². The number of aromatic nitrogens is 3. The molecule has 1 saturated carbocycles. The molecule has 0 atom stereocenters. The molecule has 0 bridgehead atoms. The van der Waals surface area contributed by atoms with Gasteiger partial charge in [0.15, 0.2) is 10.4 Å². The Kier molecular flexibility index (Phi) is 3.19. The molecule has 1 aliphatic carbocycles. The summed E-state index contributed by atoms with van der Waals surface area (Å²) in [5, 5.41) is 7.63. The summed E-state index contributed by atoms with van der Waals surface area (Å²) < 4.78 is 2.11. The van der Waals surface area contributed by atoms with E-state index in [-0.39, 0.29) is 5.78 Å². The minimum absolute atomic E-state index is 0.154. The molecule has 0 radical (unpaired) electrons. The topological polar surface area (TPSA) is 47.8 Å². The molecule has 1 aromatic heterocycles. The molecule has 15 heavy (non-hydrogen) atoms. The molecule has 5 heteroatoms. The fourth-order valence-corrected chi connectivity index (χ4v) is 2.75. The molecule has 1 aromatic rings. The van der Waals surface area contributed by atoms with E-state index in [1.165, 1.54) is 25.7 Å². The number of rotatable bonds is 3. The lowest BCUT2D eigenvalue weighted by molar-refractivity contribution is 0.0952. The van der Waals surface area contributed by atoms with Gasteiger partial charge in [-0.05, 0) is 21.8 Å². The van der Waals surface area contributed by atoms with Crippen LogP contribution in [0.2, 0.25) is 0 Å². The first kappa shape index (κ1) is 10.8. The van der Waals surface area contributed by atoms with E-state index in [9.17, 15) is 4.79 Å². The third-order valence-electron chi connectivity index (χ3n) is 3.00. The number of nitrogens with zero attached hydrogens (tertiary/aromatic N) is 3. The summed E-state index contributed by atoms with van der Waals surface area (Å²) in [6.07, 6.45) is 5.55. The lowest BCUT2D eigenvalue weighted by atomic mass is 10.00. The van der Waals surface area contributed by atoms with Crippen molar-refractivity contribution < 1.29 is 4.79 Å². The lowest BCUT2D eigenvalue weighted by Gasteiger charge is -2.07. The van der Waals surface area contributed by atoms with Crippen LogP contribution in [0.15, 0.2) is 4.60 Å². The van der Waals surface area contributed by atoms with Crippen LogP contribution in [-0.2, 0) is 7.05 Å². The highest BCUT2D eigenvalue weighted by molar-refractivity contribution is 9.10. The fourth-order valence-electron chi connectivity index (χ4n) is 2.20. The van der Waals surface area contributed by atoms with Crippen molar-refractivity contribution in [2.45, 2.75) is 32.1 Å². The first-order valence-corrected chi connectivity index (χ1v) is 6.06. The third kappa shape index (κ3) is 2.27. The molecular weight excluding hydrogens is 258 g/mol. The highest BCUT2D eigenvalue weighted by Crippen LogP contribution is 2.29. The van der Waals surface area contributed by atoms with Gasteiger partial charge in [-0.25, -0.2) is 4.68 Å². The van der Waals surface area contributed by atoms with Gasteiger partial charge in [0.1, 0.15) is 5.69 Å². The van der Waals surface area contributed by atoms with Crippen LogP contribution in [0.4, 0.5) is 0 Å². The summed E-state index contributed by atoms with van der Waals surface area (Å²) in [4.78, 5) is 12.0. The van der Waals surface area contributed by atoms with E-state index in [0.29, 0.717) is 22.6 Å². The van der Waals surface area contributed by atoms with E-state index < -0.39 is 0 Å². The Morgan fingerprint density at radius 1 is 1.53 bits per heavy atom. The molecule has 0 unspecified atom stereocenters. The zero-order chi connectivity index (χ0) is 10.8. The van der Waals surface area contributed by atoms with Crippen LogP contribution in [0, 0.1) is 5.92 Å². The smallest absolute Gasteiger partial charge is 0.183 e. The Morgan fingerprint density at radius 2 is 2.20 bits per heavy atom. The molecule has 0 aliphatic heterocycles. The maximum Gasteiger partial charge on any atom is 0.183 e. The van der Waals surface area contributed by atoms with Crippen LogP contribution in [0.3, 0.4) is 0 Å². The Bertz CT molecular complexity index is 349. The summed E-state index contributed by atoms with van der Waals surface area (Å²) in [6.45, 7) is 0. The van der Waals surface area contributed by atoms with E-state index in [0.717, 1.165) is 0 Å². The van der Waals surface area contributed by atoms with Crippen LogP contribution in [0.1, 0.15) is 42.6 Å². The average molecular weight is 272 g/mol. The molecule has 82 valence electrons. The quantitative estimate of drug-likeness (QED) is 0.793. The highest BCUT2D eigenvalue weighted by atomic mass is 79.9. The predicted octanol–water partition coefficient (Wildman–Crippen LogP) is 2.34. The minimum atomic E-state index is 0.154. The van der Waals surface area contributed by atoms with Gasteiger partial charge in [0.25, 0.3) is 0 Å². The van der Waals surface area contributed by atoms with Crippen LogP contribution in [-0.4, -0.2) is 20.8 Å². The molecule has 2 rings (SSSR count). The van der Waals surface area contributed by atoms with Crippen LogP contribution >= 0.6 is 15.9 Å². The van der Waals surface area contributed by atoms with Gasteiger partial charge in [0.05, 0.1) is 0 Å². The van der Waals surface area contributed by atoms with Crippen molar-refractivity contribution in [1.82, 2.24) is 15.0 Å². The average Bonchev–Trinajstić information content (AvgIpc) is 2.77. The summed E-state index contributed by atoms with van der Waals surface area (Å²) in [5.41, 5.74) is 0.599.